The van der Waals surface area contributed by atoms with Gasteiger partial charge in [0.25, 0.3) is 0 Å². The standard InChI is InChI=1S/C32H50/c1-3-5-7-8-10-12-26-14-16-30-24-32(20-18-28(30)22-26)31-19-17-27-21-25(11-9-6-4-2)13-15-29(27)23-31/h4,6,14,16,22,25,27,29,31-32H,3,5,7-13,15,17-21,23-24H2,1-2H3. The van der Waals surface area contributed by atoms with E-state index in [0.717, 1.165) is 29.6 Å². The largest absolute Gasteiger partial charge is 0.0917 e. The SMILES string of the molecule is CC=CCCC1CCC2CC(C3CCc4cc(CCCCCCC)ccc4C3)CCC2C1. The molecule has 0 aromatic heterocycles. The summed E-state index contributed by atoms with van der Waals surface area (Å²) in [6, 6.07) is 7.56. The summed E-state index contributed by atoms with van der Waals surface area (Å²) < 4.78 is 0. The van der Waals surface area contributed by atoms with E-state index >= 15 is 0 Å². The van der Waals surface area contributed by atoms with Crippen LogP contribution in [0.5, 0.6) is 0 Å². The van der Waals surface area contributed by atoms with Crippen LogP contribution in [0.1, 0.15) is 120 Å². The highest BCUT2D eigenvalue weighted by Gasteiger charge is 2.38. The molecule has 0 heterocycles. The van der Waals surface area contributed by atoms with Crippen LogP contribution in [-0.4, -0.2) is 0 Å². The molecular weight excluding hydrogens is 384 g/mol. The lowest BCUT2D eigenvalue weighted by atomic mass is 9.61. The minimum atomic E-state index is 0.968. The molecule has 0 aliphatic heterocycles. The summed E-state index contributed by atoms with van der Waals surface area (Å²) in [6.07, 6.45) is 29.0. The van der Waals surface area contributed by atoms with Gasteiger partial charge in [-0.1, -0.05) is 69.4 Å². The predicted octanol–water partition coefficient (Wildman–Crippen LogP) is 9.49. The molecule has 0 amide bonds. The van der Waals surface area contributed by atoms with Crippen molar-refractivity contribution in [2.45, 2.75) is 123 Å². The average Bonchev–Trinajstić information content (AvgIpc) is 2.83. The van der Waals surface area contributed by atoms with Crippen LogP contribution in [0.3, 0.4) is 0 Å². The third kappa shape index (κ3) is 6.51. The summed E-state index contributed by atoms with van der Waals surface area (Å²) in [5.41, 5.74) is 5.00. The van der Waals surface area contributed by atoms with Crippen LogP contribution in [-0.2, 0) is 19.3 Å². The normalized spacial score (nSPS) is 30.2. The minimum Gasteiger partial charge on any atom is -0.0917 e. The van der Waals surface area contributed by atoms with E-state index < -0.39 is 0 Å². The first-order valence-electron chi connectivity index (χ1n) is 14.5. The summed E-state index contributed by atoms with van der Waals surface area (Å²) in [6.45, 7) is 4.47. The maximum Gasteiger partial charge on any atom is -0.0245 e. The first kappa shape index (κ1) is 24.1. The monoisotopic (exact) mass is 434 g/mol. The molecule has 0 N–H and O–H groups in total. The van der Waals surface area contributed by atoms with Gasteiger partial charge in [-0.3, -0.25) is 0 Å². The third-order valence-corrected chi connectivity index (χ3v) is 9.51. The fourth-order valence-electron chi connectivity index (χ4n) is 7.54. The van der Waals surface area contributed by atoms with E-state index in [1.54, 1.807) is 29.5 Å². The molecule has 2 fully saturated rings. The average molecular weight is 435 g/mol. The quantitative estimate of drug-likeness (QED) is 0.254. The second-order valence-electron chi connectivity index (χ2n) is 11.7. The van der Waals surface area contributed by atoms with Crippen molar-refractivity contribution in [3.63, 3.8) is 0 Å². The molecule has 0 radical (unpaired) electrons. The second-order valence-corrected chi connectivity index (χ2v) is 11.7. The van der Waals surface area contributed by atoms with Crippen molar-refractivity contribution in [1.82, 2.24) is 0 Å². The highest BCUT2D eigenvalue weighted by atomic mass is 14.4. The molecule has 1 aromatic carbocycles. The Morgan fingerprint density at radius 3 is 2.44 bits per heavy atom. The molecule has 178 valence electrons. The van der Waals surface area contributed by atoms with Gasteiger partial charge >= 0.3 is 0 Å². The van der Waals surface area contributed by atoms with Crippen molar-refractivity contribution < 1.29 is 0 Å². The van der Waals surface area contributed by atoms with Crippen molar-refractivity contribution >= 4 is 0 Å². The molecule has 0 nitrogen and oxygen atoms in total. The number of hydrogen-bond acceptors (Lipinski definition) is 0. The third-order valence-electron chi connectivity index (χ3n) is 9.51. The predicted molar refractivity (Wildman–Crippen MR) is 140 cm³/mol. The number of aryl methyl sites for hydroxylation is 2. The van der Waals surface area contributed by atoms with Crippen LogP contribution in [0.4, 0.5) is 0 Å². The van der Waals surface area contributed by atoms with Crippen LogP contribution < -0.4 is 0 Å². The zero-order valence-corrected chi connectivity index (χ0v) is 21.3. The Kier molecular flexibility index (Phi) is 9.36. The molecule has 0 bridgehead atoms. The van der Waals surface area contributed by atoms with E-state index in [1.807, 2.05) is 0 Å². The van der Waals surface area contributed by atoms with Gasteiger partial charge in [0.15, 0.2) is 0 Å². The fourth-order valence-corrected chi connectivity index (χ4v) is 7.54. The summed E-state index contributed by atoms with van der Waals surface area (Å²) in [4.78, 5) is 0. The van der Waals surface area contributed by atoms with Crippen LogP contribution in [0.25, 0.3) is 0 Å². The molecule has 3 aliphatic rings. The van der Waals surface area contributed by atoms with Crippen LogP contribution >= 0.6 is 0 Å². The molecule has 0 saturated heterocycles. The maximum absolute atomic E-state index is 2.58. The maximum atomic E-state index is 2.58. The lowest BCUT2D eigenvalue weighted by molar-refractivity contribution is 0.0699. The molecule has 3 aliphatic carbocycles. The lowest BCUT2D eigenvalue weighted by Gasteiger charge is -2.45. The van der Waals surface area contributed by atoms with Crippen molar-refractivity contribution in [1.29, 1.82) is 0 Å². The zero-order chi connectivity index (χ0) is 22.2. The molecular formula is C32H50. The van der Waals surface area contributed by atoms with E-state index in [0.29, 0.717) is 0 Å². The van der Waals surface area contributed by atoms with E-state index in [-0.39, 0.29) is 0 Å². The number of rotatable bonds is 10. The second kappa shape index (κ2) is 12.4. The number of fused-ring (bicyclic) bond motifs is 2. The van der Waals surface area contributed by atoms with Gasteiger partial charge in [-0.15, -0.1) is 0 Å². The zero-order valence-electron chi connectivity index (χ0n) is 21.3. The topological polar surface area (TPSA) is 0 Å². The summed E-state index contributed by atoms with van der Waals surface area (Å²) in [7, 11) is 0. The number of benzene rings is 1. The van der Waals surface area contributed by atoms with Gasteiger partial charge < -0.3 is 0 Å². The van der Waals surface area contributed by atoms with Gasteiger partial charge in [-0.25, -0.2) is 0 Å². The van der Waals surface area contributed by atoms with Gasteiger partial charge in [0.05, 0.1) is 0 Å². The van der Waals surface area contributed by atoms with E-state index in [9.17, 15) is 0 Å². The van der Waals surface area contributed by atoms with E-state index in [1.165, 1.54) is 96.3 Å². The first-order valence-corrected chi connectivity index (χ1v) is 14.5. The van der Waals surface area contributed by atoms with E-state index in [4.69, 9.17) is 0 Å². The Morgan fingerprint density at radius 2 is 1.59 bits per heavy atom. The van der Waals surface area contributed by atoms with Crippen molar-refractivity contribution in [2.75, 3.05) is 0 Å². The molecule has 4 rings (SSSR count). The number of allylic oxidation sites excluding steroid dienone is 2. The lowest BCUT2D eigenvalue weighted by Crippen LogP contribution is -2.35. The summed E-state index contributed by atoms with van der Waals surface area (Å²) >= 11 is 0. The van der Waals surface area contributed by atoms with Gasteiger partial charge in [-0.05, 0) is 130 Å². The number of hydrogen-bond donors (Lipinski definition) is 0. The number of unbranched alkanes of at least 4 members (excludes halogenated alkanes) is 4. The van der Waals surface area contributed by atoms with Gasteiger partial charge in [0.1, 0.15) is 0 Å². The molecule has 32 heavy (non-hydrogen) atoms. The Labute approximate surface area is 199 Å². The summed E-state index contributed by atoms with van der Waals surface area (Å²) in [5.74, 6) is 5.12. The van der Waals surface area contributed by atoms with Gasteiger partial charge in [0, 0.05) is 0 Å². The smallest absolute Gasteiger partial charge is 0.0245 e. The van der Waals surface area contributed by atoms with Crippen LogP contribution in [0.2, 0.25) is 0 Å². The fraction of sp³-hybridized carbons (Fsp3) is 0.750. The highest BCUT2D eigenvalue weighted by Crippen LogP contribution is 2.49. The van der Waals surface area contributed by atoms with E-state index in [2.05, 4.69) is 44.2 Å². The molecule has 5 atom stereocenters. The Hall–Kier alpha value is -1.04. The van der Waals surface area contributed by atoms with Gasteiger partial charge in [-0.2, -0.15) is 0 Å². The Morgan fingerprint density at radius 1 is 0.812 bits per heavy atom. The van der Waals surface area contributed by atoms with Crippen LogP contribution in [0.15, 0.2) is 30.4 Å². The first-order chi connectivity index (χ1) is 15.8. The molecule has 1 aromatic rings. The molecule has 0 spiro atoms. The Bertz CT molecular complexity index is 713. The molecule has 5 unspecified atom stereocenters. The summed E-state index contributed by atoms with van der Waals surface area (Å²) in [5, 5.41) is 0. The van der Waals surface area contributed by atoms with Crippen molar-refractivity contribution in [2.24, 2.45) is 29.6 Å². The van der Waals surface area contributed by atoms with Crippen molar-refractivity contribution in [3.8, 4) is 0 Å². The van der Waals surface area contributed by atoms with Crippen LogP contribution in [0, 0.1) is 29.6 Å². The van der Waals surface area contributed by atoms with Crippen molar-refractivity contribution in [3.05, 3.63) is 47.0 Å². The van der Waals surface area contributed by atoms with Gasteiger partial charge in [0.2, 0.25) is 0 Å². The Balaban J connectivity index is 1.24. The molecule has 0 heteroatoms. The highest BCUT2D eigenvalue weighted by molar-refractivity contribution is 5.34. The molecule has 2 saturated carbocycles. The minimum absolute atomic E-state index is 0.968.